The van der Waals surface area contributed by atoms with Gasteiger partial charge in [0, 0.05) is 28.7 Å². The third kappa shape index (κ3) is 3.79. The first-order chi connectivity index (χ1) is 13.0. The Kier molecular flexibility index (Phi) is 5.05. The molecule has 0 N–H and O–H groups in total. The minimum absolute atomic E-state index is 0.123. The summed E-state index contributed by atoms with van der Waals surface area (Å²) in [7, 11) is 0. The number of carbonyl (C=O) groups excluding carboxylic acids is 1. The van der Waals surface area contributed by atoms with Crippen molar-refractivity contribution in [3.63, 3.8) is 0 Å². The van der Waals surface area contributed by atoms with Crippen molar-refractivity contribution in [2.24, 2.45) is 0 Å². The van der Waals surface area contributed by atoms with Crippen LogP contribution in [0.25, 0.3) is 10.2 Å². The summed E-state index contributed by atoms with van der Waals surface area (Å²) < 4.78 is 5.98. The molecule has 0 radical (unpaired) electrons. The number of hydrogen-bond donors (Lipinski definition) is 0. The monoisotopic (exact) mass is 398 g/mol. The summed E-state index contributed by atoms with van der Waals surface area (Å²) in [5.74, 6) is 1.33. The summed E-state index contributed by atoms with van der Waals surface area (Å²) in [4.78, 5) is 24.3. The lowest BCUT2D eigenvalue weighted by molar-refractivity contribution is -0.0379. The topological polar surface area (TPSA) is 52.1 Å². The number of carbonyl (C=O) groups is 1. The Morgan fingerprint density at radius 1 is 1.26 bits per heavy atom. The molecule has 0 aliphatic carbocycles. The van der Waals surface area contributed by atoms with E-state index in [4.69, 9.17) is 14.7 Å². The molecule has 3 aromatic rings. The average Bonchev–Trinajstić information content (AvgIpc) is 3.03. The number of thiophene rings is 1. The number of Topliss-reactive ketones (excluding diaryl/α,β-unsaturated/α-hetero) is 1. The number of thioether (sulfide) groups is 1. The number of ketones is 1. The fourth-order valence-corrected chi connectivity index (χ4v) is 5.41. The molecular formula is C21H22N2O2S2. The van der Waals surface area contributed by atoms with Crippen LogP contribution in [0.5, 0.6) is 0 Å². The summed E-state index contributed by atoms with van der Waals surface area (Å²) in [5, 5.41) is 2.05. The highest BCUT2D eigenvalue weighted by molar-refractivity contribution is 8.00. The Bertz CT molecular complexity index is 996. The van der Waals surface area contributed by atoms with Crippen LogP contribution in [0, 0.1) is 0 Å². The summed E-state index contributed by atoms with van der Waals surface area (Å²) in [6.07, 6.45) is 1.62. The van der Waals surface area contributed by atoms with Crippen molar-refractivity contribution in [3.05, 3.63) is 52.2 Å². The van der Waals surface area contributed by atoms with Crippen LogP contribution in [0.1, 0.15) is 47.4 Å². The van der Waals surface area contributed by atoms with Gasteiger partial charge in [0.2, 0.25) is 0 Å². The van der Waals surface area contributed by atoms with Crippen LogP contribution < -0.4 is 0 Å². The number of fused-ring (bicyclic) bond motifs is 3. The Labute approximate surface area is 167 Å². The minimum Gasteiger partial charge on any atom is -0.370 e. The molecule has 1 aliphatic rings. The highest BCUT2D eigenvalue weighted by atomic mass is 32.2. The van der Waals surface area contributed by atoms with E-state index in [1.807, 2.05) is 30.3 Å². The van der Waals surface area contributed by atoms with Gasteiger partial charge in [-0.25, -0.2) is 9.97 Å². The van der Waals surface area contributed by atoms with Crippen molar-refractivity contribution in [2.45, 2.75) is 50.8 Å². The van der Waals surface area contributed by atoms with Crippen LogP contribution in [-0.2, 0) is 24.2 Å². The number of hydrogen-bond acceptors (Lipinski definition) is 6. The van der Waals surface area contributed by atoms with E-state index in [1.54, 1.807) is 11.3 Å². The average molecular weight is 399 g/mol. The first-order valence-electron chi connectivity index (χ1n) is 9.13. The van der Waals surface area contributed by atoms with Crippen molar-refractivity contribution >= 4 is 39.1 Å². The normalized spacial score (nSPS) is 15.7. The van der Waals surface area contributed by atoms with Crippen LogP contribution in [0.15, 0.2) is 35.4 Å². The zero-order valence-corrected chi connectivity index (χ0v) is 17.4. The Hall–Kier alpha value is -1.76. The van der Waals surface area contributed by atoms with Crippen LogP contribution in [-0.4, -0.2) is 27.1 Å². The molecule has 1 aromatic carbocycles. The van der Waals surface area contributed by atoms with Gasteiger partial charge in [-0.1, -0.05) is 49.0 Å². The van der Waals surface area contributed by atoms with Gasteiger partial charge in [-0.15, -0.1) is 11.3 Å². The molecule has 2 aromatic heterocycles. The Morgan fingerprint density at radius 3 is 2.78 bits per heavy atom. The number of benzene rings is 1. The number of aryl methyl sites for hydroxylation is 1. The molecule has 0 atom stereocenters. The highest BCUT2D eigenvalue weighted by Gasteiger charge is 2.31. The van der Waals surface area contributed by atoms with Gasteiger partial charge in [0.1, 0.15) is 15.7 Å². The molecule has 0 saturated carbocycles. The van der Waals surface area contributed by atoms with Crippen LogP contribution in [0.4, 0.5) is 0 Å². The second-order valence-corrected chi connectivity index (χ2v) is 9.33. The predicted molar refractivity (Wildman–Crippen MR) is 111 cm³/mol. The molecule has 0 spiro atoms. The molecule has 6 heteroatoms. The van der Waals surface area contributed by atoms with E-state index < -0.39 is 0 Å². The SMILES string of the molecule is CCc1nc(SCC(=O)c2ccccc2)c2c3c(sc2n1)COC(C)(C)C3. The third-order valence-electron chi connectivity index (χ3n) is 4.70. The van der Waals surface area contributed by atoms with Gasteiger partial charge in [0.25, 0.3) is 0 Å². The standard InChI is InChI=1S/C21H22N2O2S2/c1-4-17-22-19(26-12-15(24)13-8-6-5-7-9-13)18-14-10-21(2,3)25-11-16(14)27-20(18)23-17/h5-9H,4,10-12H2,1-3H3. The van der Waals surface area contributed by atoms with Crippen LogP contribution in [0.2, 0.25) is 0 Å². The van der Waals surface area contributed by atoms with E-state index >= 15 is 0 Å². The Morgan fingerprint density at radius 2 is 2.04 bits per heavy atom. The first kappa shape index (κ1) is 18.6. The number of nitrogens with zero attached hydrogens (tertiary/aromatic N) is 2. The first-order valence-corrected chi connectivity index (χ1v) is 10.9. The molecule has 140 valence electrons. The maximum atomic E-state index is 12.6. The van der Waals surface area contributed by atoms with Crippen molar-refractivity contribution < 1.29 is 9.53 Å². The molecule has 4 rings (SSSR count). The number of ether oxygens (including phenoxy) is 1. The summed E-state index contributed by atoms with van der Waals surface area (Å²) in [6, 6.07) is 9.44. The molecule has 1 aliphatic heterocycles. The fourth-order valence-electron chi connectivity index (χ4n) is 3.26. The van der Waals surface area contributed by atoms with Crippen molar-refractivity contribution in [1.29, 1.82) is 0 Å². The Balaban J connectivity index is 1.70. The lowest BCUT2D eigenvalue weighted by Crippen LogP contribution is -2.31. The summed E-state index contributed by atoms with van der Waals surface area (Å²) in [5.41, 5.74) is 1.85. The maximum absolute atomic E-state index is 12.6. The van der Waals surface area contributed by atoms with Gasteiger partial charge < -0.3 is 4.74 Å². The van der Waals surface area contributed by atoms with E-state index in [-0.39, 0.29) is 11.4 Å². The zero-order valence-electron chi connectivity index (χ0n) is 15.7. The molecule has 4 nitrogen and oxygen atoms in total. The van der Waals surface area contributed by atoms with Gasteiger partial charge in [-0.3, -0.25) is 4.79 Å². The van der Waals surface area contributed by atoms with E-state index in [0.717, 1.165) is 39.5 Å². The lowest BCUT2D eigenvalue weighted by atomic mass is 9.94. The third-order valence-corrected chi connectivity index (χ3v) is 6.77. The predicted octanol–water partition coefficient (Wildman–Crippen LogP) is 5.08. The molecule has 0 bridgehead atoms. The molecule has 0 saturated heterocycles. The smallest absolute Gasteiger partial charge is 0.173 e. The van der Waals surface area contributed by atoms with E-state index in [2.05, 4.69) is 20.8 Å². The van der Waals surface area contributed by atoms with Gasteiger partial charge >= 0.3 is 0 Å². The van der Waals surface area contributed by atoms with Crippen molar-refractivity contribution in [1.82, 2.24) is 9.97 Å². The molecule has 3 heterocycles. The fraction of sp³-hybridized carbons (Fsp3) is 0.381. The van der Waals surface area contributed by atoms with E-state index in [9.17, 15) is 4.79 Å². The highest BCUT2D eigenvalue weighted by Crippen LogP contribution is 2.41. The lowest BCUT2D eigenvalue weighted by Gasteiger charge is -2.30. The minimum atomic E-state index is -0.188. The molecule has 27 heavy (non-hydrogen) atoms. The van der Waals surface area contributed by atoms with E-state index in [0.29, 0.717) is 12.4 Å². The molecular weight excluding hydrogens is 376 g/mol. The number of aromatic nitrogens is 2. The number of rotatable bonds is 5. The van der Waals surface area contributed by atoms with Gasteiger partial charge in [0.05, 0.1) is 18.0 Å². The van der Waals surface area contributed by atoms with Crippen LogP contribution >= 0.6 is 23.1 Å². The van der Waals surface area contributed by atoms with Crippen LogP contribution in [0.3, 0.4) is 0 Å². The van der Waals surface area contributed by atoms with Crippen molar-refractivity contribution in [3.8, 4) is 0 Å². The van der Waals surface area contributed by atoms with Gasteiger partial charge in [-0.05, 0) is 19.4 Å². The quantitative estimate of drug-likeness (QED) is 0.341. The van der Waals surface area contributed by atoms with Gasteiger partial charge in [-0.2, -0.15) is 0 Å². The van der Waals surface area contributed by atoms with Gasteiger partial charge in [0.15, 0.2) is 5.78 Å². The second-order valence-electron chi connectivity index (χ2n) is 7.29. The summed E-state index contributed by atoms with van der Waals surface area (Å²) >= 11 is 3.23. The summed E-state index contributed by atoms with van der Waals surface area (Å²) in [6.45, 7) is 6.92. The van der Waals surface area contributed by atoms with Crippen molar-refractivity contribution in [2.75, 3.05) is 5.75 Å². The maximum Gasteiger partial charge on any atom is 0.173 e. The molecule has 0 unspecified atom stereocenters. The van der Waals surface area contributed by atoms with E-state index in [1.165, 1.54) is 22.2 Å². The molecule has 0 amide bonds. The molecule has 0 fully saturated rings. The zero-order chi connectivity index (χ0) is 19.0. The second kappa shape index (κ2) is 7.34. The largest absolute Gasteiger partial charge is 0.370 e.